The molecule has 0 aliphatic carbocycles. The normalized spacial score (nSPS) is 11.7. The summed E-state index contributed by atoms with van der Waals surface area (Å²) in [5.41, 5.74) is 0.407. The van der Waals surface area contributed by atoms with E-state index in [1.54, 1.807) is 6.92 Å². The maximum atomic E-state index is 12.7. The highest BCUT2D eigenvalue weighted by Gasteiger charge is 2.00. The van der Waals surface area contributed by atoms with Crippen LogP contribution in [0.1, 0.15) is 12.5 Å². The van der Waals surface area contributed by atoms with E-state index >= 15 is 0 Å². The van der Waals surface area contributed by atoms with Crippen LogP contribution in [0.25, 0.3) is 0 Å². The number of benzene rings is 1. The molecule has 74 valence electrons. The summed E-state index contributed by atoms with van der Waals surface area (Å²) in [7, 11) is 0. The van der Waals surface area contributed by atoms with E-state index in [1.165, 1.54) is 6.07 Å². The van der Waals surface area contributed by atoms with Crippen molar-refractivity contribution in [2.75, 3.05) is 6.61 Å². The molecule has 0 unspecified atom stereocenters. The predicted molar refractivity (Wildman–Crippen MR) is 49.5 cm³/mol. The standard InChI is InChI=1S/C11H10F2O/c1-8(7-14)2-3-9-4-5-10(12)11(13)6-9/h4-6,8,14H,7H2,1H3/t8-/m0/s1. The molecule has 0 fully saturated rings. The molecular weight excluding hydrogens is 186 g/mol. The smallest absolute Gasteiger partial charge is 0.160 e. The van der Waals surface area contributed by atoms with Crippen molar-refractivity contribution in [3.8, 4) is 11.8 Å². The molecule has 0 saturated heterocycles. The molecule has 14 heavy (non-hydrogen) atoms. The summed E-state index contributed by atoms with van der Waals surface area (Å²) < 4.78 is 25.2. The fourth-order valence-electron chi connectivity index (χ4n) is 0.826. The lowest BCUT2D eigenvalue weighted by Crippen LogP contribution is -1.95. The fourth-order valence-corrected chi connectivity index (χ4v) is 0.826. The predicted octanol–water partition coefficient (Wildman–Crippen LogP) is 1.94. The van der Waals surface area contributed by atoms with Crippen LogP contribution in [0.15, 0.2) is 18.2 Å². The molecule has 1 N–H and O–H groups in total. The van der Waals surface area contributed by atoms with Gasteiger partial charge in [0.2, 0.25) is 0 Å². The van der Waals surface area contributed by atoms with Crippen molar-refractivity contribution in [1.82, 2.24) is 0 Å². The highest BCUT2D eigenvalue weighted by molar-refractivity contribution is 5.35. The van der Waals surface area contributed by atoms with E-state index in [2.05, 4.69) is 11.8 Å². The number of hydrogen-bond acceptors (Lipinski definition) is 1. The second kappa shape index (κ2) is 4.73. The molecule has 0 amide bonds. The van der Waals surface area contributed by atoms with Crippen molar-refractivity contribution in [2.24, 2.45) is 5.92 Å². The first-order chi connectivity index (χ1) is 6.63. The molecule has 0 bridgehead atoms. The van der Waals surface area contributed by atoms with Crippen LogP contribution in [0, 0.1) is 29.4 Å². The first-order valence-electron chi connectivity index (χ1n) is 4.21. The molecule has 1 aromatic carbocycles. The van der Waals surface area contributed by atoms with Crippen LogP contribution in [0.2, 0.25) is 0 Å². The van der Waals surface area contributed by atoms with Gasteiger partial charge in [-0.05, 0) is 25.1 Å². The Morgan fingerprint density at radius 1 is 1.36 bits per heavy atom. The minimum Gasteiger partial charge on any atom is -0.395 e. The van der Waals surface area contributed by atoms with E-state index in [0.29, 0.717) is 5.56 Å². The lowest BCUT2D eigenvalue weighted by molar-refractivity contribution is 0.266. The molecule has 0 saturated carbocycles. The van der Waals surface area contributed by atoms with Crippen molar-refractivity contribution in [2.45, 2.75) is 6.92 Å². The third kappa shape index (κ3) is 2.82. The quantitative estimate of drug-likeness (QED) is 0.680. The SMILES string of the molecule is C[C@@H](C#Cc1ccc(F)c(F)c1)CO. The summed E-state index contributed by atoms with van der Waals surface area (Å²) in [5, 5.41) is 8.67. The molecular formula is C11H10F2O. The van der Waals surface area contributed by atoms with Gasteiger partial charge in [-0.1, -0.05) is 11.8 Å². The van der Waals surface area contributed by atoms with E-state index in [4.69, 9.17) is 5.11 Å². The molecule has 1 nitrogen and oxygen atoms in total. The van der Waals surface area contributed by atoms with Gasteiger partial charge in [0.05, 0.1) is 6.61 Å². The average Bonchev–Trinajstić information content (AvgIpc) is 2.19. The first kappa shape index (κ1) is 10.7. The van der Waals surface area contributed by atoms with Crippen molar-refractivity contribution < 1.29 is 13.9 Å². The van der Waals surface area contributed by atoms with E-state index in [1.807, 2.05) is 0 Å². The van der Waals surface area contributed by atoms with Gasteiger partial charge in [-0.3, -0.25) is 0 Å². The number of aliphatic hydroxyl groups is 1. The lowest BCUT2D eigenvalue weighted by Gasteiger charge is -1.95. The van der Waals surface area contributed by atoms with Crippen LogP contribution in [0.4, 0.5) is 8.78 Å². The summed E-state index contributed by atoms with van der Waals surface area (Å²) in [6.07, 6.45) is 0. The molecule has 0 aromatic heterocycles. The van der Waals surface area contributed by atoms with E-state index in [0.717, 1.165) is 12.1 Å². The van der Waals surface area contributed by atoms with Crippen molar-refractivity contribution in [3.05, 3.63) is 35.4 Å². The fraction of sp³-hybridized carbons (Fsp3) is 0.273. The number of hydrogen-bond donors (Lipinski definition) is 1. The van der Waals surface area contributed by atoms with E-state index in [-0.39, 0.29) is 12.5 Å². The van der Waals surface area contributed by atoms with Crippen molar-refractivity contribution >= 4 is 0 Å². The molecule has 0 aliphatic heterocycles. The Balaban J connectivity index is 2.86. The number of aliphatic hydroxyl groups excluding tert-OH is 1. The Bertz CT molecular complexity index is 377. The Labute approximate surface area is 81.4 Å². The monoisotopic (exact) mass is 196 g/mol. The maximum Gasteiger partial charge on any atom is 0.160 e. The van der Waals surface area contributed by atoms with Crippen LogP contribution in [0.5, 0.6) is 0 Å². The summed E-state index contributed by atoms with van der Waals surface area (Å²) in [4.78, 5) is 0. The van der Waals surface area contributed by atoms with Gasteiger partial charge in [-0.2, -0.15) is 0 Å². The largest absolute Gasteiger partial charge is 0.395 e. The van der Waals surface area contributed by atoms with Gasteiger partial charge in [0.25, 0.3) is 0 Å². The molecule has 0 heterocycles. The Morgan fingerprint density at radius 3 is 2.64 bits per heavy atom. The molecule has 0 spiro atoms. The van der Waals surface area contributed by atoms with Crippen LogP contribution in [0.3, 0.4) is 0 Å². The highest BCUT2D eigenvalue weighted by atomic mass is 19.2. The van der Waals surface area contributed by atoms with Crippen LogP contribution in [-0.4, -0.2) is 11.7 Å². The van der Waals surface area contributed by atoms with Gasteiger partial charge in [0.1, 0.15) is 0 Å². The summed E-state index contributed by atoms with van der Waals surface area (Å²) in [5.74, 6) is 3.40. The highest BCUT2D eigenvalue weighted by Crippen LogP contribution is 2.07. The summed E-state index contributed by atoms with van der Waals surface area (Å²) in [6.45, 7) is 1.70. The molecule has 1 atom stereocenters. The first-order valence-corrected chi connectivity index (χ1v) is 4.21. The second-order valence-electron chi connectivity index (χ2n) is 2.98. The van der Waals surface area contributed by atoms with E-state index < -0.39 is 11.6 Å². The van der Waals surface area contributed by atoms with Crippen LogP contribution < -0.4 is 0 Å². The second-order valence-corrected chi connectivity index (χ2v) is 2.98. The van der Waals surface area contributed by atoms with Gasteiger partial charge in [0, 0.05) is 11.5 Å². The average molecular weight is 196 g/mol. The molecule has 1 aromatic rings. The molecule has 3 heteroatoms. The maximum absolute atomic E-state index is 12.7. The van der Waals surface area contributed by atoms with Crippen LogP contribution in [-0.2, 0) is 0 Å². The van der Waals surface area contributed by atoms with Crippen LogP contribution >= 0.6 is 0 Å². The third-order valence-electron chi connectivity index (χ3n) is 1.66. The molecule has 0 aliphatic rings. The minimum absolute atomic E-state index is 0.0450. The Morgan fingerprint density at radius 2 is 2.07 bits per heavy atom. The van der Waals surface area contributed by atoms with Crippen molar-refractivity contribution in [1.29, 1.82) is 0 Å². The van der Waals surface area contributed by atoms with Gasteiger partial charge in [-0.15, -0.1) is 0 Å². The van der Waals surface area contributed by atoms with Gasteiger partial charge < -0.3 is 5.11 Å². The third-order valence-corrected chi connectivity index (χ3v) is 1.66. The zero-order chi connectivity index (χ0) is 10.6. The summed E-state index contributed by atoms with van der Waals surface area (Å²) >= 11 is 0. The zero-order valence-electron chi connectivity index (χ0n) is 7.72. The topological polar surface area (TPSA) is 20.2 Å². The Kier molecular flexibility index (Phi) is 3.61. The lowest BCUT2D eigenvalue weighted by atomic mass is 10.1. The number of rotatable bonds is 1. The summed E-state index contributed by atoms with van der Waals surface area (Å²) in [6, 6.07) is 3.46. The van der Waals surface area contributed by atoms with Gasteiger partial charge >= 0.3 is 0 Å². The van der Waals surface area contributed by atoms with Gasteiger partial charge in [-0.25, -0.2) is 8.78 Å². The molecule has 0 radical (unpaired) electrons. The van der Waals surface area contributed by atoms with Crippen molar-refractivity contribution in [3.63, 3.8) is 0 Å². The Hall–Kier alpha value is -1.40. The minimum atomic E-state index is -0.909. The van der Waals surface area contributed by atoms with Gasteiger partial charge in [0.15, 0.2) is 11.6 Å². The van der Waals surface area contributed by atoms with E-state index in [9.17, 15) is 8.78 Å². The molecule has 1 rings (SSSR count). The number of halogens is 2. The zero-order valence-corrected chi connectivity index (χ0v) is 7.72.